The molecule has 0 amide bonds. The Morgan fingerprint density at radius 3 is 1.65 bits per heavy atom. The quantitative estimate of drug-likeness (QED) is 0.224. The zero-order chi connectivity index (χ0) is 26.8. The third-order valence-corrected chi connectivity index (χ3v) is 6.97. The molecule has 0 spiro atoms. The summed E-state index contributed by atoms with van der Waals surface area (Å²) in [5.41, 5.74) is -0.178. The van der Waals surface area contributed by atoms with Gasteiger partial charge < -0.3 is 23.1 Å². The number of ether oxygens (including phenoxy) is 4. The van der Waals surface area contributed by atoms with Crippen LogP contribution in [0.25, 0.3) is 0 Å². The highest BCUT2D eigenvalue weighted by atomic mass is 32.2. The van der Waals surface area contributed by atoms with Gasteiger partial charge in [-0.05, 0) is 13.0 Å². The average molecular weight is 546 g/mol. The Labute approximate surface area is 192 Å². The van der Waals surface area contributed by atoms with Crippen molar-refractivity contribution in [2.24, 2.45) is 0 Å². The Balaban J connectivity index is 3.84. The lowest BCUT2D eigenvalue weighted by Gasteiger charge is -2.33. The molecule has 0 saturated heterocycles. The number of alkyl halides is 5. The molecule has 0 saturated carbocycles. The van der Waals surface area contributed by atoms with Gasteiger partial charge in [-0.1, -0.05) is 0 Å². The largest absolute Gasteiger partial charge is 0.496 e. The molecule has 0 radical (unpaired) electrons. The van der Waals surface area contributed by atoms with Gasteiger partial charge in [0.1, 0.15) is 5.75 Å². The Morgan fingerprint density at radius 2 is 1.26 bits per heavy atom. The van der Waals surface area contributed by atoms with E-state index in [-0.39, 0.29) is 29.0 Å². The van der Waals surface area contributed by atoms with Crippen molar-refractivity contribution in [1.29, 1.82) is 0 Å². The predicted octanol–water partition coefficient (Wildman–Crippen LogP) is 2.64. The van der Waals surface area contributed by atoms with E-state index in [0.29, 0.717) is 0 Å². The standard InChI is InChI=1S/C17H23F5O10S2/c1-15(18,16(19,20)17(21,22)33(23,24)25)34(26,27)32-14-11(8-29-3)6-10(7-28-2)13(31-5)12(14)9-30-4/h6H,7-9H2,1-5H3,(H,23,24,25). The molecular formula is C17H23F5O10S2. The molecule has 34 heavy (non-hydrogen) atoms. The second-order valence-corrected chi connectivity index (χ2v) is 10.2. The van der Waals surface area contributed by atoms with Gasteiger partial charge in [-0.25, -0.2) is 4.39 Å². The molecule has 0 aliphatic rings. The van der Waals surface area contributed by atoms with Gasteiger partial charge in [-0.3, -0.25) is 4.55 Å². The second-order valence-electron chi connectivity index (χ2n) is 6.86. The molecular weight excluding hydrogens is 523 g/mol. The Kier molecular flexibility index (Phi) is 9.29. The van der Waals surface area contributed by atoms with Crippen LogP contribution in [0, 0.1) is 0 Å². The maximum Gasteiger partial charge on any atom is 0.436 e. The minimum absolute atomic E-state index is 0.108. The second kappa shape index (κ2) is 10.4. The van der Waals surface area contributed by atoms with Crippen LogP contribution < -0.4 is 8.92 Å². The normalized spacial score (nSPS) is 15.1. The molecule has 198 valence electrons. The summed E-state index contributed by atoms with van der Waals surface area (Å²) >= 11 is 0. The first kappa shape index (κ1) is 30.2. The monoisotopic (exact) mass is 546 g/mol. The SMILES string of the molecule is COCc1cc(COC)c(OS(=O)(=O)C(C)(F)C(F)(F)C(F)(F)S(=O)(=O)O)c(COC)c1OC. The lowest BCUT2D eigenvalue weighted by Crippen LogP contribution is -2.62. The van der Waals surface area contributed by atoms with Crippen molar-refractivity contribution in [2.75, 3.05) is 28.4 Å². The van der Waals surface area contributed by atoms with Gasteiger partial charge >= 0.3 is 36.4 Å². The van der Waals surface area contributed by atoms with Crippen LogP contribution >= 0.6 is 0 Å². The zero-order valence-electron chi connectivity index (χ0n) is 18.5. The van der Waals surface area contributed by atoms with Gasteiger partial charge in [0.25, 0.3) is 0 Å². The molecule has 0 heterocycles. The average Bonchev–Trinajstić information content (AvgIpc) is 2.70. The van der Waals surface area contributed by atoms with E-state index in [9.17, 15) is 38.8 Å². The van der Waals surface area contributed by atoms with Crippen LogP contribution in [-0.2, 0) is 54.3 Å². The molecule has 1 N–H and O–H groups in total. The number of benzene rings is 1. The molecule has 10 nitrogen and oxygen atoms in total. The van der Waals surface area contributed by atoms with Crippen LogP contribution in [-0.4, -0.2) is 66.0 Å². The molecule has 0 aromatic heterocycles. The van der Waals surface area contributed by atoms with Crippen molar-refractivity contribution < 1.29 is 66.5 Å². The zero-order valence-corrected chi connectivity index (χ0v) is 20.2. The molecule has 1 aromatic carbocycles. The van der Waals surface area contributed by atoms with Crippen molar-refractivity contribution >= 4 is 20.2 Å². The molecule has 0 fully saturated rings. The molecule has 0 aliphatic heterocycles. The molecule has 1 aromatic rings. The third-order valence-electron chi connectivity index (χ3n) is 4.49. The lowest BCUT2D eigenvalue weighted by molar-refractivity contribution is -0.207. The summed E-state index contributed by atoms with van der Waals surface area (Å²) in [6.07, 6.45) is 0. The smallest absolute Gasteiger partial charge is 0.436 e. The van der Waals surface area contributed by atoms with E-state index in [4.69, 9.17) is 23.5 Å². The van der Waals surface area contributed by atoms with Gasteiger partial charge in [0, 0.05) is 32.5 Å². The van der Waals surface area contributed by atoms with Gasteiger partial charge in [0.15, 0.2) is 5.75 Å². The minimum atomic E-state index is -6.95. The Bertz CT molecular complexity index is 1090. The molecule has 0 bridgehead atoms. The highest BCUT2D eigenvalue weighted by Gasteiger charge is 2.79. The van der Waals surface area contributed by atoms with E-state index in [1.54, 1.807) is 0 Å². The van der Waals surface area contributed by atoms with E-state index in [1.807, 2.05) is 0 Å². The summed E-state index contributed by atoms with van der Waals surface area (Å²) in [6, 6.07) is 1.20. The fourth-order valence-electron chi connectivity index (χ4n) is 2.76. The van der Waals surface area contributed by atoms with Gasteiger partial charge in [0.2, 0.25) is 0 Å². The fraction of sp³-hybridized carbons (Fsp3) is 0.647. The van der Waals surface area contributed by atoms with Gasteiger partial charge in [0.05, 0.1) is 32.5 Å². The fourth-order valence-corrected chi connectivity index (χ4v) is 4.36. The summed E-state index contributed by atoms with van der Waals surface area (Å²) < 4.78 is 150. The maximum absolute atomic E-state index is 14.9. The number of halogens is 5. The van der Waals surface area contributed by atoms with E-state index in [1.165, 1.54) is 13.2 Å². The minimum Gasteiger partial charge on any atom is -0.496 e. The summed E-state index contributed by atoms with van der Waals surface area (Å²) in [5, 5.41) is -11.9. The first-order chi connectivity index (χ1) is 15.4. The van der Waals surface area contributed by atoms with E-state index in [0.717, 1.165) is 21.3 Å². The number of rotatable bonds is 13. The highest BCUT2D eigenvalue weighted by molar-refractivity contribution is 7.89. The molecule has 1 atom stereocenters. The molecule has 17 heteroatoms. The molecule has 0 aliphatic carbocycles. The number of methoxy groups -OCH3 is 4. The summed E-state index contributed by atoms with van der Waals surface area (Å²) in [4.78, 5) is 0. The first-order valence-corrected chi connectivity index (χ1v) is 11.8. The third kappa shape index (κ3) is 5.23. The van der Waals surface area contributed by atoms with Crippen molar-refractivity contribution in [1.82, 2.24) is 0 Å². The van der Waals surface area contributed by atoms with Crippen LogP contribution in [0.3, 0.4) is 0 Å². The number of hydrogen-bond donors (Lipinski definition) is 1. The van der Waals surface area contributed by atoms with Crippen molar-refractivity contribution in [2.45, 2.75) is 42.9 Å². The summed E-state index contributed by atoms with van der Waals surface area (Å²) in [6.45, 7) is -1.58. The predicted molar refractivity (Wildman–Crippen MR) is 106 cm³/mol. The summed E-state index contributed by atoms with van der Waals surface area (Å²) in [5.74, 6) is -7.48. The Morgan fingerprint density at radius 1 is 0.824 bits per heavy atom. The van der Waals surface area contributed by atoms with Crippen LogP contribution in [0.4, 0.5) is 22.0 Å². The number of hydrogen-bond acceptors (Lipinski definition) is 9. The first-order valence-electron chi connectivity index (χ1n) is 8.91. The molecule has 1 unspecified atom stereocenters. The van der Waals surface area contributed by atoms with Crippen molar-refractivity contribution in [3.63, 3.8) is 0 Å². The van der Waals surface area contributed by atoms with E-state index >= 15 is 0 Å². The highest BCUT2D eigenvalue weighted by Crippen LogP contribution is 2.50. The topological polar surface area (TPSA) is 135 Å². The van der Waals surface area contributed by atoms with Crippen LogP contribution in [0.15, 0.2) is 6.07 Å². The van der Waals surface area contributed by atoms with Crippen molar-refractivity contribution in [3.8, 4) is 11.5 Å². The summed E-state index contributed by atoms with van der Waals surface area (Å²) in [7, 11) is -8.60. The Hall–Kier alpha value is -1.79. The van der Waals surface area contributed by atoms with Gasteiger partial charge in [-0.15, -0.1) is 0 Å². The van der Waals surface area contributed by atoms with Crippen LogP contribution in [0.1, 0.15) is 23.6 Å². The van der Waals surface area contributed by atoms with E-state index in [2.05, 4.69) is 4.18 Å². The van der Waals surface area contributed by atoms with Gasteiger partial charge in [-0.2, -0.15) is 34.4 Å². The van der Waals surface area contributed by atoms with E-state index < -0.39 is 62.3 Å². The maximum atomic E-state index is 14.9. The van der Waals surface area contributed by atoms with Crippen molar-refractivity contribution in [3.05, 3.63) is 22.8 Å². The van der Waals surface area contributed by atoms with Crippen LogP contribution in [0.5, 0.6) is 11.5 Å². The lowest BCUT2D eigenvalue weighted by atomic mass is 10.0. The van der Waals surface area contributed by atoms with Crippen LogP contribution in [0.2, 0.25) is 0 Å². The molecule has 1 rings (SSSR count).